The van der Waals surface area contributed by atoms with Crippen molar-refractivity contribution in [2.45, 2.75) is 26.2 Å². The van der Waals surface area contributed by atoms with Gasteiger partial charge in [0, 0.05) is 59.4 Å². The third-order valence-electron chi connectivity index (χ3n) is 12.3. The van der Waals surface area contributed by atoms with E-state index in [-0.39, 0.29) is 5.41 Å². The first-order chi connectivity index (χ1) is 28.9. The van der Waals surface area contributed by atoms with Gasteiger partial charge in [0.1, 0.15) is 0 Å². The summed E-state index contributed by atoms with van der Waals surface area (Å²) >= 11 is 1.87. The number of aryl methyl sites for hydroxylation is 1. The van der Waals surface area contributed by atoms with Crippen LogP contribution < -0.4 is 9.80 Å². The molecule has 0 aliphatic heterocycles. The first kappa shape index (κ1) is 35.2. The lowest BCUT2D eigenvalue weighted by atomic mass is 9.81. The van der Waals surface area contributed by atoms with Crippen molar-refractivity contribution in [2.24, 2.45) is 0 Å². The molecule has 0 fully saturated rings. The van der Waals surface area contributed by atoms with Crippen LogP contribution in [0, 0.1) is 6.92 Å². The lowest BCUT2D eigenvalue weighted by molar-refractivity contribution is 0.661. The number of nitrogens with zero attached hydrogens (tertiary/aromatic N) is 2. The van der Waals surface area contributed by atoms with Crippen LogP contribution in [0.4, 0.5) is 34.1 Å². The highest BCUT2D eigenvalue weighted by Crippen LogP contribution is 2.56. The van der Waals surface area contributed by atoms with Gasteiger partial charge in [-0.3, -0.25) is 0 Å². The van der Waals surface area contributed by atoms with Crippen molar-refractivity contribution in [3.8, 4) is 22.3 Å². The first-order valence-corrected chi connectivity index (χ1v) is 21.2. The second-order valence-corrected chi connectivity index (χ2v) is 17.3. The molecule has 0 N–H and O–H groups in total. The molecule has 1 aliphatic rings. The van der Waals surface area contributed by atoms with Crippen LogP contribution in [0.5, 0.6) is 0 Å². The number of rotatable bonds is 7. The largest absolute Gasteiger partial charge is 0.310 e. The Morgan fingerprint density at radius 3 is 1.76 bits per heavy atom. The van der Waals surface area contributed by atoms with E-state index < -0.39 is 0 Å². The van der Waals surface area contributed by atoms with Gasteiger partial charge in [0.05, 0.1) is 5.69 Å². The van der Waals surface area contributed by atoms with Gasteiger partial charge in [-0.2, -0.15) is 0 Å². The van der Waals surface area contributed by atoms with Crippen LogP contribution in [0.1, 0.15) is 30.5 Å². The minimum absolute atomic E-state index is 0.276. The fourth-order valence-corrected chi connectivity index (χ4v) is 10.5. The Bertz CT molecular complexity index is 3200. The second kappa shape index (κ2) is 13.9. The average molecular weight is 775 g/mol. The van der Waals surface area contributed by atoms with E-state index in [1.165, 1.54) is 75.6 Å². The minimum Gasteiger partial charge on any atom is -0.310 e. The van der Waals surface area contributed by atoms with Crippen LogP contribution in [0.2, 0.25) is 0 Å². The molecule has 59 heavy (non-hydrogen) atoms. The van der Waals surface area contributed by atoms with Gasteiger partial charge in [0.2, 0.25) is 0 Å². The third-order valence-corrected chi connectivity index (χ3v) is 13.4. The standard InChI is InChI=1S/C56H42N2S/c1-37-25-27-41(28-26-37)57(42-20-14-17-39(33-42)38-15-6-4-7-16-38)43-30-32-49-50(34-43)56(2,3)51-36-52(45-21-10-11-23-48(45)55(49)51)58(40-18-8-5-9-19-40)44-29-31-47-46-22-12-13-24-53(46)59-54(47)35-44/h4-36H,1-3H3. The summed E-state index contributed by atoms with van der Waals surface area (Å²) in [6.45, 7) is 6.96. The molecule has 9 aromatic carbocycles. The Morgan fingerprint density at radius 2 is 0.966 bits per heavy atom. The molecule has 0 radical (unpaired) electrons. The Balaban J connectivity index is 1.09. The zero-order chi connectivity index (χ0) is 39.7. The maximum atomic E-state index is 2.49. The van der Waals surface area contributed by atoms with Crippen molar-refractivity contribution in [1.29, 1.82) is 0 Å². The van der Waals surface area contributed by atoms with Gasteiger partial charge < -0.3 is 9.80 Å². The topological polar surface area (TPSA) is 6.48 Å². The fraction of sp³-hybridized carbons (Fsp3) is 0.0714. The summed E-state index contributed by atoms with van der Waals surface area (Å²) in [5, 5.41) is 5.13. The normalized spacial score (nSPS) is 12.8. The van der Waals surface area contributed by atoms with E-state index in [1.807, 2.05) is 11.3 Å². The van der Waals surface area contributed by atoms with Gasteiger partial charge in [0.25, 0.3) is 0 Å². The highest BCUT2D eigenvalue weighted by Gasteiger charge is 2.38. The molecule has 11 rings (SSSR count). The first-order valence-electron chi connectivity index (χ1n) is 20.4. The number of para-hydroxylation sites is 1. The smallest absolute Gasteiger partial charge is 0.0543 e. The highest BCUT2D eigenvalue weighted by molar-refractivity contribution is 7.25. The van der Waals surface area contributed by atoms with Crippen LogP contribution in [-0.4, -0.2) is 0 Å². The molecule has 0 unspecified atom stereocenters. The number of hydrogen-bond acceptors (Lipinski definition) is 3. The van der Waals surface area contributed by atoms with Crippen LogP contribution in [0.3, 0.4) is 0 Å². The molecule has 1 aromatic heterocycles. The van der Waals surface area contributed by atoms with Crippen molar-refractivity contribution >= 4 is 76.4 Å². The molecule has 282 valence electrons. The van der Waals surface area contributed by atoms with Gasteiger partial charge >= 0.3 is 0 Å². The fourth-order valence-electron chi connectivity index (χ4n) is 9.33. The van der Waals surface area contributed by atoms with Crippen molar-refractivity contribution in [2.75, 3.05) is 9.80 Å². The lowest BCUT2D eigenvalue weighted by Gasteiger charge is -2.30. The van der Waals surface area contributed by atoms with Crippen LogP contribution in [0.25, 0.3) is 53.2 Å². The predicted molar refractivity (Wildman–Crippen MR) is 254 cm³/mol. The molecule has 0 bridgehead atoms. The monoisotopic (exact) mass is 774 g/mol. The Morgan fingerprint density at radius 1 is 0.390 bits per heavy atom. The van der Waals surface area contributed by atoms with Crippen LogP contribution in [0.15, 0.2) is 200 Å². The zero-order valence-electron chi connectivity index (χ0n) is 33.4. The molecule has 0 spiro atoms. The van der Waals surface area contributed by atoms with Crippen molar-refractivity contribution in [3.05, 3.63) is 217 Å². The molecule has 2 nitrogen and oxygen atoms in total. The SMILES string of the molecule is Cc1ccc(N(c2cccc(-c3ccccc3)c2)c2ccc3c(c2)C(C)(C)c2cc(N(c4ccccc4)c4ccc5c(c4)sc4ccccc45)c4ccccc4c2-3)cc1. The number of fused-ring (bicyclic) bond motifs is 8. The molecule has 10 aromatic rings. The summed E-state index contributed by atoms with van der Waals surface area (Å²) in [6, 6.07) is 73.7. The van der Waals surface area contributed by atoms with Crippen molar-refractivity contribution < 1.29 is 0 Å². The maximum absolute atomic E-state index is 2.49. The van der Waals surface area contributed by atoms with Gasteiger partial charge in [-0.25, -0.2) is 0 Å². The second-order valence-electron chi connectivity index (χ2n) is 16.3. The Hall–Kier alpha value is -6.94. The Kier molecular flexibility index (Phi) is 8.28. The van der Waals surface area contributed by atoms with E-state index in [0.29, 0.717) is 0 Å². The van der Waals surface area contributed by atoms with Crippen LogP contribution >= 0.6 is 11.3 Å². The Labute approximate surface area is 349 Å². The number of anilines is 6. The average Bonchev–Trinajstić information content (AvgIpc) is 3.76. The molecule has 0 atom stereocenters. The van der Waals surface area contributed by atoms with E-state index in [1.54, 1.807) is 0 Å². The van der Waals surface area contributed by atoms with E-state index >= 15 is 0 Å². The van der Waals surface area contributed by atoms with Crippen molar-refractivity contribution in [1.82, 2.24) is 0 Å². The summed E-state index contributed by atoms with van der Waals surface area (Å²) in [4.78, 5) is 4.88. The summed E-state index contributed by atoms with van der Waals surface area (Å²) < 4.78 is 2.61. The summed E-state index contributed by atoms with van der Waals surface area (Å²) in [5.74, 6) is 0. The quantitative estimate of drug-likeness (QED) is 0.159. The molecular weight excluding hydrogens is 733 g/mol. The summed E-state index contributed by atoms with van der Waals surface area (Å²) in [6.07, 6.45) is 0. The third kappa shape index (κ3) is 5.84. The zero-order valence-corrected chi connectivity index (χ0v) is 34.2. The van der Waals surface area contributed by atoms with Gasteiger partial charge in [-0.15, -0.1) is 11.3 Å². The van der Waals surface area contributed by atoms with Crippen molar-refractivity contribution in [3.63, 3.8) is 0 Å². The number of thiophene rings is 1. The molecule has 1 aliphatic carbocycles. The minimum atomic E-state index is -0.276. The molecule has 1 heterocycles. The van der Waals surface area contributed by atoms with Gasteiger partial charge in [-0.05, 0) is 118 Å². The number of hydrogen-bond donors (Lipinski definition) is 0. The highest BCUT2D eigenvalue weighted by atomic mass is 32.1. The van der Waals surface area contributed by atoms with Crippen LogP contribution in [-0.2, 0) is 5.41 Å². The molecule has 0 saturated carbocycles. The lowest BCUT2D eigenvalue weighted by Crippen LogP contribution is -2.18. The van der Waals surface area contributed by atoms with E-state index in [9.17, 15) is 0 Å². The maximum Gasteiger partial charge on any atom is 0.0543 e. The summed E-state index contributed by atoms with van der Waals surface area (Å²) in [5.41, 5.74) is 15.6. The molecular formula is C56H42N2S. The summed E-state index contributed by atoms with van der Waals surface area (Å²) in [7, 11) is 0. The van der Waals surface area contributed by atoms with Gasteiger partial charge in [0.15, 0.2) is 0 Å². The molecule has 0 saturated heterocycles. The molecule has 3 heteroatoms. The predicted octanol–water partition coefficient (Wildman–Crippen LogP) is 16.4. The van der Waals surface area contributed by atoms with E-state index in [0.717, 1.165) is 28.4 Å². The molecule has 0 amide bonds. The van der Waals surface area contributed by atoms with E-state index in [4.69, 9.17) is 0 Å². The number of benzene rings is 9. The van der Waals surface area contributed by atoms with E-state index in [2.05, 4.69) is 231 Å². The van der Waals surface area contributed by atoms with Gasteiger partial charge in [-0.1, -0.05) is 147 Å².